The summed E-state index contributed by atoms with van der Waals surface area (Å²) in [4.78, 5) is 0. The first-order valence-electron chi connectivity index (χ1n) is 9.06. The van der Waals surface area contributed by atoms with Crippen LogP contribution < -0.4 is 5.73 Å². The minimum absolute atomic E-state index is 0.0503. The van der Waals surface area contributed by atoms with Gasteiger partial charge in [0, 0.05) is 6.42 Å². The molecule has 0 aliphatic heterocycles. The van der Waals surface area contributed by atoms with Gasteiger partial charge in [-0.3, -0.25) is 0 Å². The van der Waals surface area contributed by atoms with E-state index in [1.165, 1.54) is 6.92 Å². The normalized spacial score (nSPS) is 15.7. The molecule has 2 aromatic carbocycles. The number of hydrogen-bond donors (Lipinski definition) is 2. The summed E-state index contributed by atoms with van der Waals surface area (Å²) in [6.07, 6.45) is -11.1. The number of benzene rings is 2. The highest BCUT2D eigenvalue weighted by atomic mass is 19.4. The molecule has 0 saturated heterocycles. The third kappa shape index (κ3) is 5.96. The average molecular weight is 435 g/mol. The largest absolute Gasteiger partial charge is 0.416 e. The van der Waals surface area contributed by atoms with Crippen molar-refractivity contribution in [3.63, 3.8) is 0 Å². The molecule has 3 N–H and O–H groups in total. The standard InChI is InChI=1S/C21H23F6NO2/c1-12-5-4-6-17(13(12)2)19(3,29)10-18(28)30-11-14-7-15(20(22,23)24)9-16(8-14)21(25,26)27/h4-9,18,29H,10-11,28H2,1-3H3. The zero-order valence-corrected chi connectivity index (χ0v) is 16.7. The molecule has 2 atom stereocenters. The second-order valence-electron chi connectivity index (χ2n) is 7.49. The van der Waals surface area contributed by atoms with Gasteiger partial charge < -0.3 is 15.6 Å². The van der Waals surface area contributed by atoms with Gasteiger partial charge in [-0.1, -0.05) is 18.2 Å². The van der Waals surface area contributed by atoms with Crippen molar-refractivity contribution in [1.82, 2.24) is 0 Å². The summed E-state index contributed by atoms with van der Waals surface area (Å²) in [6, 6.07) is 6.58. The maximum atomic E-state index is 12.9. The molecule has 0 bridgehead atoms. The predicted molar refractivity (Wildman–Crippen MR) is 99.3 cm³/mol. The van der Waals surface area contributed by atoms with Gasteiger partial charge in [0.25, 0.3) is 0 Å². The topological polar surface area (TPSA) is 55.5 Å². The van der Waals surface area contributed by atoms with Crippen LogP contribution in [-0.2, 0) is 29.3 Å². The van der Waals surface area contributed by atoms with E-state index in [1.54, 1.807) is 12.1 Å². The van der Waals surface area contributed by atoms with Crippen molar-refractivity contribution >= 4 is 0 Å². The lowest BCUT2D eigenvalue weighted by Crippen LogP contribution is -2.35. The Morgan fingerprint density at radius 2 is 1.50 bits per heavy atom. The van der Waals surface area contributed by atoms with Gasteiger partial charge in [-0.25, -0.2) is 0 Å². The van der Waals surface area contributed by atoms with Gasteiger partial charge in [0.1, 0.15) is 6.23 Å². The average Bonchev–Trinajstić information content (AvgIpc) is 2.60. The molecule has 9 heteroatoms. The lowest BCUT2D eigenvalue weighted by atomic mass is 9.87. The van der Waals surface area contributed by atoms with Crippen LogP contribution >= 0.6 is 0 Å². The van der Waals surface area contributed by atoms with E-state index in [4.69, 9.17) is 10.5 Å². The van der Waals surface area contributed by atoms with Crippen LogP contribution in [0.5, 0.6) is 0 Å². The Bertz CT molecular complexity index is 858. The van der Waals surface area contributed by atoms with E-state index in [0.29, 0.717) is 17.7 Å². The van der Waals surface area contributed by atoms with E-state index >= 15 is 0 Å². The molecule has 2 rings (SSSR count). The van der Waals surface area contributed by atoms with Crippen LogP contribution in [0.25, 0.3) is 0 Å². The number of nitrogens with two attached hydrogens (primary N) is 1. The molecule has 3 nitrogen and oxygen atoms in total. The molecular formula is C21H23F6NO2. The Morgan fingerprint density at radius 3 is 2.00 bits per heavy atom. The molecule has 0 amide bonds. The summed E-state index contributed by atoms with van der Waals surface area (Å²) in [5.74, 6) is 0. The lowest BCUT2D eigenvalue weighted by Gasteiger charge is -2.29. The number of aliphatic hydroxyl groups is 1. The second-order valence-corrected chi connectivity index (χ2v) is 7.49. The smallest absolute Gasteiger partial charge is 0.385 e. The van der Waals surface area contributed by atoms with Crippen molar-refractivity contribution in [2.45, 2.75) is 58.0 Å². The van der Waals surface area contributed by atoms with Crippen LogP contribution in [-0.4, -0.2) is 11.3 Å². The minimum atomic E-state index is -4.94. The Hall–Kier alpha value is -2.10. The van der Waals surface area contributed by atoms with Crippen molar-refractivity contribution < 1.29 is 36.2 Å². The first-order valence-corrected chi connectivity index (χ1v) is 9.06. The molecule has 2 aromatic rings. The second kappa shape index (κ2) is 8.56. The van der Waals surface area contributed by atoms with Gasteiger partial charge in [-0.2, -0.15) is 26.3 Å². The quantitative estimate of drug-likeness (QED) is 0.469. The summed E-state index contributed by atoms with van der Waals surface area (Å²) >= 11 is 0. The first-order chi connectivity index (χ1) is 13.6. The molecule has 0 aromatic heterocycles. The van der Waals surface area contributed by atoms with E-state index < -0.39 is 41.9 Å². The van der Waals surface area contributed by atoms with Gasteiger partial charge in [0.15, 0.2) is 0 Å². The summed E-state index contributed by atoms with van der Waals surface area (Å²) < 4.78 is 83.0. The maximum Gasteiger partial charge on any atom is 0.416 e. The fraction of sp³-hybridized carbons (Fsp3) is 0.429. The van der Waals surface area contributed by atoms with Gasteiger partial charge in [-0.05, 0) is 61.2 Å². The Morgan fingerprint density at radius 1 is 0.967 bits per heavy atom. The van der Waals surface area contributed by atoms with Crippen LogP contribution in [0.15, 0.2) is 36.4 Å². The zero-order valence-electron chi connectivity index (χ0n) is 16.7. The summed E-state index contributed by atoms with van der Waals surface area (Å²) in [5, 5.41) is 10.8. The molecule has 0 radical (unpaired) electrons. The predicted octanol–water partition coefficient (Wildman–Crippen LogP) is 5.44. The van der Waals surface area contributed by atoms with Gasteiger partial charge >= 0.3 is 12.4 Å². The molecule has 0 aliphatic rings. The maximum absolute atomic E-state index is 12.9. The fourth-order valence-electron chi connectivity index (χ4n) is 3.20. The van der Waals surface area contributed by atoms with Crippen LogP contribution in [0.1, 0.15) is 46.7 Å². The molecule has 2 unspecified atom stereocenters. The van der Waals surface area contributed by atoms with Crippen LogP contribution in [0.3, 0.4) is 0 Å². The van der Waals surface area contributed by atoms with E-state index in [1.807, 2.05) is 19.9 Å². The number of halogens is 6. The molecule has 0 heterocycles. The Balaban J connectivity index is 2.17. The molecule has 30 heavy (non-hydrogen) atoms. The van der Waals surface area contributed by atoms with Crippen LogP contribution in [0.2, 0.25) is 0 Å². The first kappa shape index (κ1) is 24.2. The van der Waals surface area contributed by atoms with E-state index in [9.17, 15) is 31.4 Å². The number of aryl methyl sites for hydroxylation is 1. The van der Waals surface area contributed by atoms with E-state index in [-0.39, 0.29) is 18.1 Å². The minimum Gasteiger partial charge on any atom is -0.385 e. The van der Waals surface area contributed by atoms with Gasteiger partial charge in [-0.15, -0.1) is 0 Å². The molecule has 0 fully saturated rings. The molecule has 0 spiro atoms. The van der Waals surface area contributed by atoms with Gasteiger partial charge in [0.05, 0.1) is 23.3 Å². The highest BCUT2D eigenvalue weighted by Crippen LogP contribution is 2.36. The Kier molecular flexibility index (Phi) is 6.90. The zero-order chi connectivity index (χ0) is 22.9. The van der Waals surface area contributed by atoms with Crippen molar-refractivity contribution in [1.29, 1.82) is 0 Å². The van der Waals surface area contributed by atoms with Crippen molar-refractivity contribution in [2.75, 3.05) is 0 Å². The van der Waals surface area contributed by atoms with E-state index in [0.717, 1.165) is 11.1 Å². The monoisotopic (exact) mass is 435 g/mol. The Labute approximate surface area is 170 Å². The van der Waals surface area contributed by atoms with E-state index in [2.05, 4.69) is 0 Å². The lowest BCUT2D eigenvalue weighted by molar-refractivity contribution is -0.143. The SMILES string of the molecule is Cc1cccc(C(C)(O)CC(N)OCc2cc(C(F)(F)F)cc(C(F)(F)F)c2)c1C. The molecule has 0 aliphatic carbocycles. The molecule has 0 saturated carbocycles. The summed E-state index contributed by atoms with van der Waals surface area (Å²) in [6.45, 7) is 4.64. The van der Waals surface area contributed by atoms with Crippen molar-refractivity contribution in [3.05, 3.63) is 69.8 Å². The van der Waals surface area contributed by atoms with Crippen LogP contribution in [0, 0.1) is 13.8 Å². The third-order valence-corrected chi connectivity index (χ3v) is 4.90. The number of alkyl halides is 6. The molecule has 166 valence electrons. The third-order valence-electron chi connectivity index (χ3n) is 4.90. The summed E-state index contributed by atoms with van der Waals surface area (Å²) in [7, 11) is 0. The number of rotatable bonds is 6. The number of ether oxygens (including phenoxy) is 1. The van der Waals surface area contributed by atoms with Crippen molar-refractivity contribution in [2.24, 2.45) is 5.73 Å². The van der Waals surface area contributed by atoms with Crippen molar-refractivity contribution in [3.8, 4) is 0 Å². The highest BCUT2D eigenvalue weighted by Gasteiger charge is 2.37. The fourth-order valence-corrected chi connectivity index (χ4v) is 3.20. The van der Waals surface area contributed by atoms with Crippen LogP contribution in [0.4, 0.5) is 26.3 Å². The summed E-state index contributed by atoms with van der Waals surface area (Å²) in [5.41, 5.74) is 3.69. The number of hydrogen-bond acceptors (Lipinski definition) is 3. The highest BCUT2D eigenvalue weighted by molar-refractivity contribution is 5.37. The van der Waals surface area contributed by atoms with Gasteiger partial charge in [0.2, 0.25) is 0 Å². The molecular weight excluding hydrogens is 412 g/mol.